The van der Waals surface area contributed by atoms with Gasteiger partial charge in [-0.1, -0.05) is 6.07 Å². The summed E-state index contributed by atoms with van der Waals surface area (Å²) in [5.74, 6) is -1.19. The number of H-pyrrole nitrogens is 1. The Morgan fingerprint density at radius 1 is 1.40 bits per heavy atom. The van der Waals surface area contributed by atoms with Crippen LogP contribution in [-0.2, 0) is 9.59 Å². The molecule has 3 heterocycles. The molecule has 0 spiro atoms. The quantitative estimate of drug-likeness (QED) is 0.558. The highest BCUT2D eigenvalue weighted by Gasteiger charge is 2.56. The summed E-state index contributed by atoms with van der Waals surface area (Å²) in [5.41, 5.74) is -0.354. The van der Waals surface area contributed by atoms with Crippen molar-refractivity contribution in [3.63, 3.8) is 0 Å². The number of aromatic amines is 1. The summed E-state index contributed by atoms with van der Waals surface area (Å²) in [6.45, 7) is 0.679. The lowest BCUT2D eigenvalue weighted by Gasteiger charge is -2.25. The van der Waals surface area contributed by atoms with E-state index in [-0.39, 0.29) is 36.9 Å². The number of ether oxygens (including phenoxy) is 1. The first kappa shape index (κ1) is 23.1. The van der Waals surface area contributed by atoms with E-state index in [1.807, 2.05) is 6.07 Å². The van der Waals surface area contributed by atoms with Crippen LogP contribution in [-0.4, -0.2) is 65.6 Å². The Hall–Kier alpha value is -3.61. The number of rotatable bonds is 7. The van der Waals surface area contributed by atoms with Crippen LogP contribution in [0.4, 0.5) is 4.39 Å². The molecule has 10 heteroatoms. The molecule has 1 aromatic carbocycles. The number of hydrogen-bond acceptors (Lipinski definition) is 5. The lowest BCUT2D eigenvalue weighted by Crippen LogP contribution is -2.49. The number of benzene rings is 1. The number of nitrogens with one attached hydrogen (secondary N) is 3. The van der Waals surface area contributed by atoms with E-state index in [4.69, 9.17) is 4.74 Å². The van der Waals surface area contributed by atoms with Crippen molar-refractivity contribution in [3.8, 4) is 11.8 Å². The molecule has 0 radical (unpaired) electrons. The fourth-order valence-corrected chi connectivity index (χ4v) is 5.35. The highest BCUT2D eigenvalue weighted by molar-refractivity contribution is 6.01. The maximum atomic E-state index is 15.0. The molecule has 3 fully saturated rings. The van der Waals surface area contributed by atoms with Crippen LogP contribution >= 0.6 is 0 Å². The first-order valence-electron chi connectivity index (χ1n) is 12.0. The molecule has 1 unspecified atom stereocenters. The predicted molar refractivity (Wildman–Crippen MR) is 124 cm³/mol. The second-order valence-corrected chi connectivity index (χ2v) is 9.75. The Morgan fingerprint density at radius 2 is 2.20 bits per heavy atom. The van der Waals surface area contributed by atoms with Crippen molar-refractivity contribution >= 4 is 28.6 Å². The van der Waals surface area contributed by atoms with Gasteiger partial charge in [0.2, 0.25) is 11.8 Å². The van der Waals surface area contributed by atoms with Crippen LogP contribution in [0.1, 0.15) is 42.6 Å². The average Bonchev–Trinajstić information content (AvgIpc) is 3.23. The number of nitriles is 1. The number of hydrogen-bond donors (Lipinski definition) is 3. The molecule has 35 heavy (non-hydrogen) atoms. The first-order chi connectivity index (χ1) is 16.8. The van der Waals surface area contributed by atoms with Crippen LogP contribution in [0.25, 0.3) is 10.9 Å². The summed E-state index contributed by atoms with van der Waals surface area (Å²) in [5, 5.41) is 15.8. The molecule has 2 saturated heterocycles. The van der Waals surface area contributed by atoms with Crippen LogP contribution in [0.5, 0.6) is 5.75 Å². The third-order valence-corrected chi connectivity index (χ3v) is 7.55. The van der Waals surface area contributed by atoms with Crippen molar-refractivity contribution in [3.05, 3.63) is 30.0 Å². The Bertz CT molecular complexity index is 1220. The number of nitrogens with zero attached hydrogens (tertiary/aromatic N) is 2. The minimum Gasteiger partial charge on any atom is -0.496 e. The maximum absolute atomic E-state index is 15.0. The summed E-state index contributed by atoms with van der Waals surface area (Å²) < 4.78 is 20.4. The van der Waals surface area contributed by atoms with Gasteiger partial charge in [0.1, 0.15) is 29.2 Å². The molecule has 1 aliphatic carbocycles. The summed E-state index contributed by atoms with van der Waals surface area (Å²) in [7, 11) is 1.55. The Labute approximate surface area is 202 Å². The molecule has 4 atom stereocenters. The summed E-state index contributed by atoms with van der Waals surface area (Å²) in [6, 6.07) is 7.38. The minimum atomic E-state index is -1.35. The van der Waals surface area contributed by atoms with Gasteiger partial charge in [0.25, 0.3) is 5.91 Å². The lowest BCUT2D eigenvalue weighted by atomic mass is 9.97. The van der Waals surface area contributed by atoms with E-state index in [9.17, 15) is 24.0 Å². The van der Waals surface area contributed by atoms with E-state index in [0.717, 1.165) is 5.39 Å². The van der Waals surface area contributed by atoms with Gasteiger partial charge in [-0.25, -0.2) is 4.39 Å². The molecule has 9 nitrogen and oxygen atoms in total. The normalized spacial score (nSPS) is 25.7. The Balaban J connectivity index is 1.37. The Kier molecular flexibility index (Phi) is 5.87. The second kappa shape index (κ2) is 8.87. The van der Waals surface area contributed by atoms with Gasteiger partial charge in [-0.05, 0) is 50.3 Å². The number of methoxy groups -OCH3 is 1. The van der Waals surface area contributed by atoms with Gasteiger partial charge in [0.15, 0.2) is 0 Å². The molecule has 1 saturated carbocycles. The predicted octanol–water partition coefficient (Wildman–Crippen LogP) is 2.04. The zero-order valence-corrected chi connectivity index (χ0v) is 19.5. The molecule has 3 N–H and O–H groups in total. The molecule has 5 rings (SSSR count). The smallest absolute Gasteiger partial charge is 0.270 e. The molecule has 0 bridgehead atoms. The van der Waals surface area contributed by atoms with Crippen molar-refractivity contribution < 1.29 is 23.5 Å². The topological polar surface area (TPSA) is 127 Å². The SMILES string of the molecule is COc1cccc2[nH]c(C(=O)N3C[C@H](C4(F)CC4)CC3C(=O)N[C@H](C#N)C[C@@H]3CCNC3=O)cc12. The highest BCUT2D eigenvalue weighted by atomic mass is 19.1. The summed E-state index contributed by atoms with van der Waals surface area (Å²) >= 11 is 0. The number of halogens is 1. The van der Waals surface area contributed by atoms with Gasteiger partial charge in [-0.2, -0.15) is 5.26 Å². The Morgan fingerprint density at radius 3 is 2.86 bits per heavy atom. The van der Waals surface area contributed by atoms with Crippen molar-refractivity contribution in [2.75, 3.05) is 20.2 Å². The molecule has 2 aromatic rings. The van der Waals surface area contributed by atoms with Crippen LogP contribution in [0, 0.1) is 23.2 Å². The maximum Gasteiger partial charge on any atom is 0.270 e. The molecule has 3 amide bonds. The number of amides is 3. The summed E-state index contributed by atoms with van der Waals surface area (Å²) in [6.07, 6.45) is 1.86. The van der Waals surface area contributed by atoms with E-state index in [2.05, 4.69) is 21.7 Å². The fraction of sp³-hybridized carbons (Fsp3) is 0.520. The van der Waals surface area contributed by atoms with Crippen LogP contribution < -0.4 is 15.4 Å². The van der Waals surface area contributed by atoms with E-state index in [1.54, 1.807) is 25.3 Å². The molecular formula is C25H28FN5O4. The molecule has 184 valence electrons. The molecule has 1 aromatic heterocycles. The van der Waals surface area contributed by atoms with Gasteiger partial charge in [0.05, 0.1) is 13.2 Å². The number of carbonyl (C=O) groups is 3. The van der Waals surface area contributed by atoms with E-state index >= 15 is 0 Å². The van der Waals surface area contributed by atoms with Crippen molar-refractivity contribution in [1.29, 1.82) is 5.26 Å². The van der Waals surface area contributed by atoms with Crippen LogP contribution in [0.3, 0.4) is 0 Å². The summed E-state index contributed by atoms with van der Waals surface area (Å²) in [4.78, 5) is 43.2. The second-order valence-electron chi connectivity index (χ2n) is 9.75. The van der Waals surface area contributed by atoms with Crippen molar-refractivity contribution in [2.45, 2.75) is 49.9 Å². The van der Waals surface area contributed by atoms with Crippen molar-refractivity contribution in [2.24, 2.45) is 11.8 Å². The van der Waals surface area contributed by atoms with E-state index in [0.29, 0.717) is 37.1 Å². The number of carbonyl (C=O) groups excluding carboxylic acids is 3. The third kappa shape index (κ3) is 4.31. The molecule has 2 aliphatic heterocycles. The van der Waals surface area contributed by atoms with E-state index < -0.39 is 35.5 Å². The third-order valence-electron chi connectivity index (χ3n) is 7.55. The van der Waals surface area contributed by atoms with Gasteiger partial charge in [-0.3, -0.25) is 14.4 Å². The van der Waals surface area contributed by atoms with Gasteiger partial charge in [-0.15, -0.1) is 0 Å². The monoisotopic (exact) mass is 481 g/mol. The average molecular weight is 482 g/mol. The highest BCUT2D eigenvalue weighted by Crippen LogP contribution is 2.51. The van der Waals surface area contributed by atoms with Gasteiger partial charge in [0, 0.05) is 35.8 Å². The first-order valence-corrected chi connectivity index (χ1v) is 12.0. The van der Waals surface area contributed by atoms with Gasteiger partial charge < -0.3 is 25.3 Å². The number of aromatic nitrogens is 1. The largest absolute Gasteiger partial charge is 0.496 e. The fourth-order valence-electron chi connectivity index (χ4n) is 5.35. The number of fused-ring (bicyclic) bond motifs is 1. The standard InChI is InChI=1S/C25H28FN5O4/c1-35-21-4-2-3-18-17(21)11-19(30-18)24(34)31-13-15(25(26)6-7-25)10-20(31)23(33)29-16(12-27)9-14-5-8-28-22(14)32/h2-4,11,14-16,20,30H,5-10,13H2,1H3,(H,28,32)(H,29,33)/t14-,15+,16-,20?/m0/s1. The van der Waals surface area contributed by atoms with Crippen LogP contribution in [0.15, 0.2) is 24.3 Å². The zero-order chi connectivity index (χ0) is 24.7. The minimum absolute atomic E-state index is 0.125. The number of likely N-dealkylation sites (tertiary alicyclic amines) is 1. The van der Waals surface area contributed by atoms with Gasteiger partial charge >= 0.3 is 0 Å². The van der Waals surface area contributed by atoms with Crippen LogP contribution in [0.2, 0.25) is 0 Å². The lowest BCUT2D eigenvalue weighted by molar-refractivity contribution is -0.126. The molecule has 3 aliphatic rings. The zero-order valence-electron chi connectivity index (χ0n) is 19.5. The molecular weight excluding hydrogens is 453 g/mol. The number of alkyl halides is 1. The van der Waals surface area contributed by atoms with Crippen molar-refractivity contribution in [1.82, 2.24) is 20.5 Å². The van der Waals surface area contributed by atoms with E-state index in [1.165, 1.54) is 4.90 Å².